The first-order valence-electron chi connectivity index (χ1n) is 6.80. The fourth-order valence-electron chi connectivity index (χ4n) is 2.77. The van der Waals surface area contributed by atoms with Gasteiger partial charge < -0.3 is 15.0 Å². The van der Waals surface area contributed by atoms with Gasteiger partial charge in [0.1, 0.15) is 0 Å². The van der Waals surface area contributed by atoms with Crippen molar-refractivity contribution in [2.45, 2.75) is 12.8 Å². The van der Waals surface area contributed by atoms with Crippen molar-refractivity contribution in [1.29, 1.82) is 0 Å². The minimum atomic E-state index is -0.898. The van der Waals surface area contributed by atoms with Crippen LogP contribution in [0.1, 0.15) is 12.0 Å². The van der Waals surface area contributed by atoms with Gasteiger partial charge in [-0.25, -0.2) is 0 Å². The van der Waals surface area contributed by atoms with Crippen LogP contribution < -0.4 is 0 Å². The molecule has 1 aliphatic rings. The topological polar surface area (TPSA) is 73.4 Å². The van der Waals surface area contributed by atoms with Crippen LogP contribution in [0.15, 0.2) is 24.4 Å². The maximum atomic E-state index is 11.8. The number of hydrogen-bond acceptors (Lipinski definition) is 2. The summed E-state index contributed by atoms with van der Waals surface area (Å²) in [5, 5.41) is 10.7. The quantitative estimate of drug-likeness (QED) is 0.910. The number of aliphatic carboxylic acids is 1. The molecule has 0 spiro atoms. The number of nitrogens with one attached hydrogen (secondary N) is 1. The molecule has 21 heavy (non-hydrogen) atoms. The van der Waals surface area contributed by atoms with Gasteiger partial charge in [-0.2, -0.15) is 0 Å². The highest BCUT2D eigenvalue weighted by atomic mass is 35.5. The molecular weight excluding hydrogens is 292 g/mol. The van der Waals surface area contributed by atoms with Crippen molar-refractivity contribution in [3.8, 4) is 0 Å². The Balaban J connectivity index is 1.71. The van der Waals surface area contributed by atoms with Crippen LogP contribution in [0.3, 0.4) is 0 Å². The number of carbonyl (C=O) groups is 2. The second kappa shape index (κ2) is 5.41. The maximum absolute atomic E-state index is 11.8. The van der Waals surface area contributed by atoms with Crippen LogP contribution in [0.25, 0.3) is 10.9 Å². The number of rotatable bonds is 4. The lowest BCUT2D eigenvalue weighted by Gasteiger charge is -2.15. The Morgan fingerprint density at radius 2 is 2.29 bits per heavy atom. The zero-order valence-corrected chi connectivity index (χ0v) is 12.1. The van der Waals surface area contributed by atoms with E-state index in [2.05, 4.69) is 4.98 Å². The molecule has 0 aliphatic carbocycles. The summed E-state index contributed by atoms with van der Waals surface area (Å²) >= 11 is 6.01. The number of likely N-dealkylation sites (tertiary alicyclic amines) is 1. The Morgan fingerprint density at radius 3 is 3.00 bits per heavy atom. The minimum Gasteiger partial charge on any atom is -0.481 e. The molecule has 1 aromatic heterocycles. The average molecular weight is 307 g/mol. The summed E-state index contributed by atoms with van der Waals surface area (Å²) in [7, 11) is 0. The summed E-state index contributed by atoms with van der Waals surface area (Å²) in [4.78, 5) is 27.5. The number of carboxylic acid groups (broad SMARTS) is 1. The molecule has 0 radical (unpaired) electrons. The van der Waals surface area contributed by atoms with Crippen molar-refractivity contribution in [2.75, 3.05) is 13.1 Å². The number of nitrogens with zero attached hydrogens (tertiary/aromatic N) is 1. The van der Waals surface area contributed by atoms with Crippen molar-refractivity contribution in [1.82, 2.24) is 9.88 Å². The number of aromatic amines is 1. The van der Waals surface area contributed by atoms with Gasteiger partial charge in [-0.15, -0.1) is 0 Å². The van der Waals surface area contributed by atoms with Gasteiger partial charge in [-0.05, 0) is 30.2 Å². The lowest BCUT2D eigenvalue weighted by molar-refractivity contribution is -0.141. The van der Waals surface area contributed by atoms with E-state index in [4.69, 9.17) is 16.7 Å². The average Bonchev–Trinajstić information content (AvgIpc) is 3.00. The number of carboxylic acids is 1. The van der Waals surface area contributed by atoms with Gasteiger partial charge >= 0.3 is 5.97 Å². The lowest BCUT2D eigenvalue weighted by atomic mass is 10.1. The first-order valence-corrected chi connectivity index (χ1v) is 7.18. The first kappa shape index (κ1) is 13.9. The molecule has 2 N–H and O–H groups in total. The van der Waals surface area contributed by atoms with E-state index in [1.54, 1.807) is 4.90 Å². The van der Waals surface area contributed by atoms with Crippen molar-refractivity contribution < 1.29 is 14.7 Å². The van der Waals surface area contributed by atoms with Gasteiger partial charge in [0.15, 0.2) is 0 Å². The molecule has 2 heterocycles. The maximum Gasteiger partial charge on any atom is 0.308 e. The van der Waals surface area contributed by atoms with Crippen LogP contribution in [0.2, 0.25) is 5.02 Å². The number of benzene rings is 1. The van der Waals surface area contributed by atoms with Crippen LogP contribution in [-0.4, -0.2) is 40.0 Å². The number of halogens is 1. The third kappa shape index (κ3) is 2.74. The summed E-state index contributed by atoms with van der Waals surface area (Å²) in [5.41, 5.74) is 2.09. The lowest BCUT2D eigenvalue weighted by Crippen LogP contribution is -2.28. The molecule has 1 aliphatic heterocycles. The minimum absolute atomic E-state index is 0.0831. The molecule has 3 rings (SSSR count). The van der Waals surface area contributed by atoms with Crippen LogP contribution in [0.5, 0.6) is 0 Å². The Bertz CT molecular complexity index is 710. The highest BCUT2D eigenvalue weighted by Gasteiger charge is 2.33. The van der Waals surface area contributed by atoms with Crippen molar-refractivity contribution in [2.24, 2.45) is 5.92 Å². The number of carbonyl (C=O) groups excluding carboxylic acids is 1. The zero-order chi connectivity index (χ0) is 15.0. The van der Waals surface area contributed by atoms with E-state index in [0.29, 0.717) is 24.5 Å². The summed E-state index contributed by atoms with van der Waals surface area (Å²) in [6.07, 6.45) is 2.70. The summed E-state index contributed by atoms with van der Waals surface area (Å²) < 4.78 is 0. The van der Waals surface area contributed by atoms with Gasteiger partial charge in [-0.3, -0.25) is 9.59 Å². The highest BCUT2D eigenvalue weighted by Crippen LogP contribution is 2.24. The molecule has 0 bridgehead atoms. The van der Waals surface area contributed by atoms with Gasteiger partial charge in [0, 0.05) is 41.6 Å². The summed E-state index contributed by atoms with van der Waals surface area (Å²) in [5.74, 6) is -1.56. The van der Waals surface area contributed by atoms with Gasteiger partial charge in [0.05, 0.1) is 5.92 Å². The van der Waals surface area contributed by atoms with Crippen LogP contribution >= 0.6 is 11.6 Å². The molecule has 110 valence electrons. The smallest absolute Gasteiger partial charge is 0.308 e. The molecule has 1 saturated heterocycles. The second-order valence-corrected chi connectivity index (χ2v) is 5.77. The molecule has 1 amide bonds. The largest absolute Gasteiger partial charge is 0.481 e. The van der Waals surface area contributed by atoms with Gasteiger partial charge in [0.2, 0.25) is 5.91 Å². The third-order valence-corrected chi connectivity index (χ3v) is 4.18. The fourth-order valence-corrected chi connectivity index (χ4v) is 2.94. The van der Waals surface area contributed by atoms with E-state index in [1.807, 2.05) is 24.4 Å². The molecule has 2 aromatic rings. The van der Waals surface area contributed by atoms with E-state index < -0.39 is 11.9 Å². The van der Waals surface area contributed by atoms with Crippen molar-refractivity contribution >= 4 is 34.4 Å². The molecule has 0 saturated carbocycles. The van der Waals surface area contributed by atoms with E-state index in [-0.39, 0.29) is 12.3 Å². The number of H-pyrrole nitrogens is 1. The fraction of sp³-hybridized carbons (Fsp3) is 0.333. The number of hydrogen-bond donors (Lipinski definition) is 2. The second-order valence-electron chi connectivity index (χ2n) is 5.33. The number of amides is 1. The molecule has 5 nitrogen and oxygen atoms in total. The Labute approximate surface area is 126 Å². The summed E-state index contributed by atoms with van der Waals surface area (Å²) in [6, 6.07) is 5.64. The third-order valence-electron chi connectivity index (χ3n) is 3.94. The van der Waals surface area contributed by atoms with Crippen molar-refractivity contribution in [3.05, 3.63) is 35.0 Å². The number of aromatic nitrogens is 1. The van der Waals surface area contributed by atoms with Gasteiger partial charge in [-0.1, -0.05) is 11.6 Å². The molecule has 1 aromatic carbocycles. The van der Waals surface area contributed by atoms with Crippen molar-refractivity contribution in [3.63, 3.8) is 0 Å². The molecule has 6 heteroatoms. The van der Waals surface area contributed by atoms with Gasteiger partial charge in [0.25, 0.3) is 0 Å². The first-order chi connectivity index (χ1) is 10.0. The van der Waals surface area contributed by atoms with E-state index in [9.17, 15) is 9.59 Å². The predicted molar refractivity (Wildman–Crippen MR) is 79.3 cm³/mol. The molecule has 1 atom stereocenters. The Hall–Kier alpha value is -2.01. The highest BCUT2D eigenvalue weighted by molar-refractivity contribution is 6.31. The van der Waals surface area contributed by atoms with E-state index >= 15 is 0 Å². The zero-order valence-electron chi connectivity index (χ0n) is 11.3. The van der Waals surface area contributed by atoms with Crippen LogP contribution in [0.4, 0.5) is 0 Å². The molecular formula is C15H15ClN2O3. The predicted octanol–water partition coefficient (Wildman–Crippen LogP) is 2.30. The summed E-state index contributed by atoms with van der Waals surface area (Å²) in [6.45, 7) is 0.833. The normalized spacial score (nSPS) is 18.6. The molecule has 0 unspecified atom stereocenters. The standard InChI is InChI=1S/C15H15ClN2O3/c16-11-1-2-13-12(6-11)9(7-17-13)3-4-18-8-10(15(20)21)5-14(18)19/h1-2,6-7,10,17H,3-5,8H2,(H,20,21)/t10-/m1/s1. The SMILES string of the molecule is O=C(O)[C@@H]1CC(=O)N(CCc2c[nH]c3ccc(Cl)cc23)C1. The molecule has 1 fully saturated rings. The van der Waals surface area contributed by atoms with E-state index in [0.717, 1.165) is 16.5 Å². The van der Waals surface area contributed by atoms with Crippen LogP contribution in [0, 0.1) is 5.92 Å². The van der Waals surface area contributed by atoms with Crippen LogP contribution in [-0.2, 0) is 16.0 Å². The van der Waals surface area contributed by atoms with E-state index in [1.165, 1.54) is 0 Å². The number of fused-ring (bicyclic) bond motifs is 1. The monoisotopic (exact) mass is 306 g/mol. The Kier molecular flexibility index (Phi) is 3.59. The Morgan fingerprint density at radius 1 is 1.48 bits per heavy atom.